The molecule has 1 unspecified atom stereocenters. The minimum atomic E-state index is -0.831. The Balaban J connectivity index is 4.60. The van der Waals surface area contributed by atoms with Gasteiger partial charge in [-0.1, -0.05) is 262 Å². The number of ether oxygens (including phenoxy) is 3. The fourth-order valence-corrected chi connectivity index (χ4v) is 7.40. The lowest BCUT2D eigenvalue weighted by Gasteiger charge is -2.18. The summed E-state index contributed by atoms with van der Waals surface area (Å²) in [4.78, 5) is 38.2. The van der Waals surface area contributed by atoms with Crippen molar-refractivity contribution in [2.75, 3.05) is 13.2 Å². The molecule has 0 aromatic rings. The molecule has 0 aliphatic rings. The van der Waals surface area contributed by atoms with Crippen LogP contribution in [0.1, 0.15) is 226 Å². The fourth-order valence-electron chi connectivity index (χ4n) is 7.40. The van der Waals surface area contributed by atoms with Crippen LogP contribution in [0.4, 0.5) is 0 Å². The van der Waals surface area contributed by atoms with Gasteiger partial charge in [0.1, 0.15) is 13.2 Å². The monoisotopic (exact) mass is 1000 g/mol. The van der Waals surface area contributed by atoms with Gasteiger partial charge in [-0.3, -0.25) is 14.4 Å². The van der Waals surface area contributed by atoms with E-state index in [4.69, 9.17) is 14.2 Å². The average Bonchev–Trinajstić information content (AvgIpc) is 3.39. The van der Waals surface area contributed by atoms with Crippen molar-refractivity contribution in [2.24, 2.45) is 0 Å². The van der Waals surface area contributed by atoms with Gasteiger partial charge in [-0.2, -0.15) is 0 Å². The Morgan fingerprint density at radius 3 is 1.08 bits per heavy atom. The van der Waals surface area contributed by atoms with Crippen molar-refractivity contribution in [2.45, 2.75) is 232 Å². The first-order valence-electron chi connectivity index (χ1n) is 29.1. The van der Waals surface area contributed by atoms with Gasteiger partial charge in [0, 0.05) is 19.3 Å². The molecule has 73 heavy (non-hydrogen) atoms. The van der Waals surface area contributed by atoms with Crippen molar-refractivity contribution < 1.29 is 28.6 Å². The van der Waals surface area contributed by atoms with Gasteiger partial charge in [0.05, 0.1) is 0 Å². The molecule has 0 amide bonds. The van der Waals surface area contributed by atoms with Crippen molar-refractivity contribution in [1.82, 2.24) is 0 Å². The zero-order valence-electron chi connectivity index (χ0n) is 46.6. The second kappa shape index (κ2) is 59.6. The standard InChI is InChI=1S/C67H104O6/c1-4-7-10-13-16-19-22-25-28-31-33-36-39-42-45-48-51-54-57-60-66(69)72-63-64(62-71-65(68)59-56-53-50-47-44-41-38-35-30-27-24-21-18-15-12-9-6-3)73-67(70)61-58-55-52-49-46-43-40-37-34-32-29-26-23-20-17-14-11-8-5-2/h7,9-10,12-13,16,18-19,21-22,25,27-28,30-34,36,38-39,41-42,45,47,50,64H,4-6,8,11,14-15,17,20,23-24,26,29,35,37,40,43-44,46,48-49,51-63H2,1-3H3/b10-7-,12-9-,16-13-,21-18-,22-19-,28-25-,30-27-,33-31+,34-32-,39-36-,41-38-,45-42-,50-47-. The summed E-state index contributed by atoms with van der Waals surface area (Å²) < 4.78 is 16.8. The molecule has 408 valence electrons. The number of carbonyl (C=O) groups excluding carboxylic acids is 3. The minimum absolute atomic E-state index is 0.128. The predicted molar refractivity (Wildman–Crippen MR) is 315 cm³/mol. The van der Waals surface area contributed by atoms with Crippen LogP contribution in [-0.2, 0) is 28.6 Å². The SMILES string of the molecule is CC\C=C/C=C\C=C/C=C\C=C\C=C/C=C\CCCCCC(=O)OCC(COC(=O)CCC/C=C\C/C=C\C/C=C\C/C=C\C/C=C\CC)OC(=O)CCCCCCCCC/C=C\CCCCCCCCCC. The largest absolute Gasteiger partial charge is 0.462 e. The summed E-state index contributed by atoms with van der Waals surface area (Å²) in [7, 11) is 0. The summed E-state index contributed by atoms with van der Waals surface area (Å²) in [6.45, 7) is 6.28. The Morgan fingerprint density at radius 1 is 0.301 bits per heavy atom. The van der Waals surface area contributed by atoms with Gasteiger partial charge in [0.25, 0.3) is 0 Å². The molecular weight excluding hydrogens is 901 g/mol. The first kappa shape index (κ1) is 68.0. The van der Waals surface area contributed by atoms with Crippen LogP contribution in [0.3, 0.4) is 0 Å². The van der Waals surface area contributed by atoms with Gasteiger partial charge in [-0.25, -0.2) is 0 Å². The van der Waals surface area contributed by atoms with Crippen LogP contribution in [-0.4, -0.2) is 37.2 Å². The Morgan fingerprint density at radius 2 is 0.616 bits per heavy atom. The molecule has 0 fully saturated rings. The van der Waals surface area contributed by atoms with Gasteiger partial charge < -0.3 is 14.2 Å². The van der Waals surface area contributed by atoms with E-state index in [1.807, 2.05) is 72.9 Å². The Bertz CT molecular complexity index is 1670. The maximum absolute atomic E-state index is 12.9. The first-order valence-corrected chi connectivity index (χ1v) is 29.1. The van der Waals surface area contributed by atoms with E-state index in [0.29, 0.717) is 19.3 Å². The second-order valence-corrected chi connectivity index (χ2v) is 18.6. The average molecular weight is 1010 g/mol. The molecule has 0 heterocycles. The molecule has 0 aliphatic heterocycles. The summed E-state index contributed by atoms with van der Waals surface area (Å²) in [5.41, 5.74) is 0. The molecule has 0 aliphatic carbocycles. The number of unbranched alkanes of at least 4 members (excludes halogenated alkanes) is 19. The van der Waals surface area contributed by atoms with Crippen LogP contribution in [0.5, 0.6) is 0 Å². The van der Waals surface area contributed by atoms with E-state index >= 15 is 0 Å². The van der Waals surface area contributed by atoms with Gasteiger partial charge in [0.15, 0.2) is 6.10 Å². The third-order valence-electron chi connectivity index (χ3n) is 11.7. The lowest BCUT2D eigenvalue weighted by atomic mass is 10.1. The van der Waals surface area contributed by atoms with Gasteiger partial charge in [0.2, 0.25) is 0 Å². The maximum atomic E-state index is 12.9. The molecule has 0 spiro atoms. The molecule has 0 bridgehead atoms. The molecule has 0 saturated carbocycles. The molecule has 6 nitrogen and oxygen atoms in total. The van der Waals surface area contributed by atoms with Gasteiger partial charge in [-0.15, -0.1) is 0 Å². The Hall–Kier alpha value is -4.97. The van der Waals surface area contributed by atoms with E-state index in [-0.39, 0.29) is 44.0 Å². The van der Waals surface area contributed by atoms with Crippen molar-refractivity contribution in [1.29, 1.82) is 0 Å². The topological polar surface area (TPSA) is 78.9 Å². The van der Waals surface area contributed by atoms with Crippen molar-refractivity contribution in [3.05, 3.63) is 158 Å². The highest BCUT2D eigenvalue weighted by Crippen LogP contribution is 2.14. The quantitative estimate of drug-likeness (QED) is 0.0199. The summed E-state index contributed by atoms with van der Waals surface area (Å²) in [5, 5.41) is 0. The van der Waals surface area contributed by atoms with E-state index in [0.717, 1.165) is 83.5 Å². The summed E-state index contributed by atoms with van der Waals surface area (Å²) in [6, 6.07) is 0. The van der Waals surface area contributed by atoms with E-state index in [9.17, 15) is 14.4 Å². The van der Waals surface area contributed by atoms with Crippen molar-refractivity contribution >= 4 is 17.9 Å². The number of hydrogen-bond donors (Lipinski definition) is 0. The highest BCUT2D eigenvalue weighted by Gasteiger charge is 2.19. The van der Waals surface area contributed by atoms with Crippen molar-refractivity contribution in [3.8, 4) is 0 Å². The number of esters is 3. The van der Waals surface area contributed by atoms with Gasteiger partial charge >= 0.3 is 17.9 Å². The summed E-state index contributed by atoms with van der Waals surface area (Å²) in [6.07, 6.45) is 86.6. The summed E-state index contributed by atoms with van der Waals surface area (Å²) >= 11 is 0. The van der Waals surface area contributed by atoms with Crippen LogP contribution in [0.15, 0.2) is 158 Å². The molecular formula is C67H104O6. The first-order chi connectivity index (χ1) is 36.0. The molecule has 0 aromatic heterocycles. The number of allylic oxidation sites excluding steroid dienone is 26. The normalized spacial score (nSPS) is 13.3. The molecule has 1 atom stereocenters. The molecule has 0 rings (SSSR count). The minimum Gasteiger partial charge on any atom is -0.462 e. The van der Waals surface area contributed by atoms with Crippen LogP contribution in [0, 0.1) is 0 Å². The van der Waals surface area contributed by atoms with Gasteiger partial charge in [-0.05, 0) is 103 Å². The lowest BCUT2D eigenvalue weighted by molar-refractivity contribution is -0.167. The highest BCUT2D eigenvalue weighted by molar-refractivity contribution is 5.71. The molecule has 0 aromatic carbocycles. The number of hydrogen-bond acceptors (Lipinski definition) is 6. The third kappa shape index (κ3) is 57.8. The van der Waals surface area contributed by atoms with Crippen LogP contribution < -0.4 is 0 Å². The van der Waals surface area contributed by atoms with E-state index < -0.39 is 6.10 Å². The molecule has 0 saturated heterocycles. The number of rotatable bonds is 50. The third-order valence-corrected chi connectivity index (χ3v) is 11.7. The van der Waals surface area contributed by atoms with E-state index in [1.54, 1.807) is 0 Å². The zero-order chi connectivity index (χ0) is 52.9. The molecule has 6 heteroatoms. The smallest absolute Gasteiger partial charge is 0.306 e. The zero-order valence-corrected chi connectivity index (χ0v) is 46.6. The van der Waals surface area contributed by atoms with Crippen LogP contribution in [0.2, 0.25) is 0 Å². The fraction of sp³-hybridized carbons (Fsp3) is 0.567. The summed E-state index contributed by atoms with van der Waals surface area (Å²) in [5.74, 6) is -1.04. The van der Waals surface area contributed by atoms with E-state index in [1.165, 1.54) is 89.9 Å². The van der Waals surface area contributed by atoms with Crippen LogP contribution >= 0.6 is 0 Å². The second-order valence-electron chi connectivity index (χ2n) is 18.6. The molecule has 0 radical (unpaired) electrons. The Labute approximate surface area is 448 Å². The predicted octanol–water partition coefficient (Wildman–Crippen LogP) is 19.8. The molecule has 0 N–H and O–H groups in total. The van der Waals surface area contributed by atoms with Crippen LogP contribution in [0.25, 0.3) is 0 Å². The van der Waals surface area contributed by atoms with Crippen molar-refractivity contribution in [3.63, 3.8) is 0 Å². The van der Waals surface area contributed by atoms with E-state index in [2.05, 4.69) is 106 Å². The number of carbonyl (C=O) groups is 3. The lowest BCUT2D eigenvalue weighted by Crippen LogP contribution is -2.30. The Kier molecular flexibility index (Phi) is 55.5. The maximum Gasteiger partial charge on any atom is 0.306 e. The highest BCUT2D eigenvalue weighted by atomic mass is 16.6.